The first kappa shape index (κ1) is 14.5. The zero-order chi connectivity index (χ0) is 15.4. The molecule has 21 heavy (non-hydrogen) atoms. The van der Waals surface area contributed by atoms with Crippen LogP contribution in [0.4, 0.5) is 0 Å². The van der Waals surface area contributed by atoms with Crippen LogP contribution in [0.3, 0.4) is 0 Å². The van der Waals surface area contributed by atoms with Gasteiger partial charge in [-0.05, 0) is 20.3 Å². The summed E-state index contributed by atoms with van der Waals surface area (Å²) < 4.78 is 7.43. The van der Waals surface area contributed by atoms with Crippen molar-refractivity contribution < 1.29 is 14.6 Å². The van der Waals surface area contributed by atoms with Crippen molar-refractivity contribution in [1.29, 1.82) is 0 Å². The maximum absolute atomic E-state index is 12.7. The van der Waals surface area contributed by atoms with E-state index in [0.29, 0.717) is 31.6 Å². The summed E-state index contributed by atoms with van der Waals surface area (Å²) in [6, 6.07) is 0. The molecule has 6 heteroatoms. The van der Waals surface area contributed by atoms with Gasteiger partial charge in [0, 0.05) is 19.0 Å². The second-order valence-corrected chi connectivity index (χ2v) is 6.37. The van der Waals surface area contributed by atoms with Crippen LogP contribution >= 0.6 is 0 Å². The number of β-amino-alcohol motifs (C(OH)–C–C–N with tert-alkyl or cyclic N) is 1. The lowest BCUT2D eigenvalue weighted by atomic mass is 9.90. The molecule has 6 nitrogen and oxygen atoms in total. The standard InChI is InChI=1S/C15H23N3O3/c1-5-15(20)7-18(8-15)14(19)13-11-6-9(2)21-10(3)12(11)16-17(13)4/h9-10,20H,5-8H2,1-4H3/t9-,10+/m1/s1. The molecule has 0 radical (unpaired) electrons. The van der Waals surface area contributed by atoms with Gasteiger partial charge in [0.15, 0.2) is 0 Å². The summed E-state index contributed by atoms with van der Waals surface area (Å²) in [5.41, 5.74) is 1.80. The number of ether oxygens (including phenoxy) is 1. The molecule has 3 rings (SSSR count). The zero-order valence-corrected chi connectivity index (χ0v) is 13.1. The van der Waals surface area contributed by atoms with Gasteiger partial charge in [-0.1, -0.05) is 6.92 Å². The normalized spacial score (nSPS) is 27.2. The quantitative estimate of drug-likeness (QED) is 0.884. The molecule has 0 saturated carbocycles. The fourth-order valence-corrected chi connectivity index (χ4v) is 3.31. The first-order valence-corrected chi connectivity index (χ1v) is 7.57. The van der Waals surface area contributed by atoms with Gasteiger partial charge >= 0.3 is 0 Å². The molecule has 2 atom stereocenters. The van der Waals surface area contributed by atoms with E-state index in [1.165, 1.54) is 0 Å². The Bertz CT molecular complexity index is 575. The molecule has 2 aliphatic heterocycles. The van der Waals surface area contributed by atoms with Gasteiger partial charge in [0.25, 0.3) is 5.91 Å². The Morgan fingerprint density at radius 2 is 2.14 bits per heavy atom. The van der Waals surface area contributed by atoms with Gasteiger partial charge in [0.1, 0.15) is 5.69 Å². The molecule has 1 aromatic rings. The van der Waals surface area contributed by atoms with E-state index >= 15 is 0 Å². The Hall–Kier alpha value is -1.40. The molecule has 0 aromatic carbocycles. The molecule has 0 bridgehead atoms. The number of rotatable bonds is 2. The minimum atomic E-state index is -0.710. The smallest absolute Gasteiger partial charge is 0.272 e. The number of aromatic nitrogens is 2. The summed E-state index contributed by atoms with van der Waals surface area (Å²) in [5, 5.41) is 14.6. The molecule has 1 amide bonds. The number of carbonyl (C=O) groups excluding carboxylic acids is 1. The van der Waals surface area contributed by atoms with Crippen molar-refractivity contribution in [2.24, 2.45) is 7.05 Å². The van der Waals surface area contributed by atoms with Gasteiger partial charge in [-0.3, -0.25) is 9.48 Å². The number of fused-ring (bicyclic) bond motifs is 1. The van der Waals surface area contributed by atoms with Crippen LogP contribution in [-0.4, -0.2) is 50.5 Å². The van der Waals surface area contributed by atoms with Crippen molar-refractivity contribution in [2.75, 3.05) is 13.1 Å². The summed E-state index contributed by atoms with van der Waals surface area (Å²) in [6.07, 6.45) is 1.38. The van der Waals surface area contributed by atoms with Crippen LogP contribution in [0, 0.1) is 0 Å². The second-order valence-electron chi connectivity index (χ2n) is 6.37. The van der Waals surface area contributed by atoms with Gasteiger partial charge in [0.05, 0.1) is 36.6 Å². The van der Waals surface area contributed by atoms with Crippen molar-refractivity contribution in [1.82, 2.24) is 14.7 Å². The van der Waals surface area contributed by atoms with Crippen molar-refractivity contribution in [3.8, 4) is 0 Å². The maximum Gasteiger partial charge on any atom is 0.272 e. The summed E-state index contributed by atoms with van der Waals surface area (Å²) in [6.45, 7) is 6.73. The Morgan fingerprint density at radius 3 is 2.76 bits per heavy atom. The predicted molar refractivity (Wildman–Crippen MR) is 77.0 cm³/mol. The number of hydrogen-bond acceptors (Lipinski definition) is 4. The minimum absolute atomic E-state index is 0.0364. The van der Waals surface area contributed by atoms with E-state index in [-0.39, 0.29) is 18.1 Å². The molecular formula is C15H23N3O3. The molecule has 3 heterocycles. The van der Waals surface area contributed by atoms with E-state index < -0.39 is 5.60 Å². The first-order chi connectivity index (χ1) is 9.84. The highest BCUT2D eigenvalue weighted by molar-refractivity contribution is 5.95. The first-order valence-electron chi connectivity index (χ1n) is 7.57. The highest BCUT2D eigenvalue weighted by Crippen LogP contribution is 2.33. The molecule has 116 valence electrons. The Balaban J connectivity index is 1.88. The van der Waals surface area contributed by atoms with E-state index in [1.54, 1.807) is 16.6 Å². The number of nitrogens with zero attached hydrogens (tertiary/aromatic N) is 3. The van der Waals surface area contributed by atoms with Crippen LogP contribution in [-0.2, 0) is 18.2 Å². The van der Waals surface area contributed by atoms with E-state index in [2.05, 4.69) is 5.10 Å². The molecule has 1 saturated heterocycles. The molecule has 1 N–H and O–H groups in total. The number of hydrogen-bond donors (Lipinski definition) is 1. The number of aryl methyl sites for hydroxylation is 1. The van der Waals surface area contributed by atoms with Crippen molar-refractivity contribution in [3.63, 3.8) is 0 Å². The van der Waals surface area contributed by atoms with Crippen molar-refractivity contribution in [2.45, 2.75) is 51.4 Å². The van der Waals surface area contributed by atoms with Gasteiger partial charge in [-0.25, -0.2) is 0 Å². The monoisotopic (exact) mass is 293 g/mol. The SMILES string of the molecule is CCC1(O)CN(C(=O)c2c3c(nn2C)[C@H](C)O[C@H](C)C3)C1. The molecule has 0 aliphatic carbocycles. The van der Waals surface area contributed by atoms with Gasteiger partial charge in [0.2, 0.25) is 0 Å². The lowest BCUT2D eigenvalue weighted by Crippen LogP contribution is -2.63. The molecular weight excluding hydrogens is 270 g/mol. The van der Waals surface area contributed by atoms with Gasteiger partial charge in [-0.2, -0.15) is 5.10 Å². The molecule has 0 spiro atoms. The third-order valence-corrected chi connectivity index (χ3v) is 4.61. The fourth-order valence-electron chi connectivity index (χ4n) is 3.31. The molecule has 0 unspecified atom stereocenters. The lowest BCUT2D eigenvalue weighted by Gasteiger charge is -2.46. The summed E-state index contributed by atoms with van der Waals surface area (Å²) in [7, 11) is 1.80. The highest BCUT2D eigenvalue weighted by atomic mass is 16.5. The third-order valence-electron chi connectivity index (χ3n) is 4.61. The fraction of sp³-hybridized carbons (Fsp3) is 0.733. The Morgan fingerprint density at radius 1 is 1.48 bits per heavy atom. The van der Waals surface area contributed by atoms with E-state index in [4.69, 9.17) is 4.74 Å². The van der Waals surface area contributed by atoms with Crippen molar-refractivity contribution in [3.05, 3.63) is 17.0 Å². The van der Waals surface area contributed by atoms with Crippen LogP contribution < -0.4 is 0 Å². The van der Waals surface area contributed by atoms with E-state index in [0.717, 1.165) is 11.3 Å². The van der Waals surface area contributed by atoms with Crippen molar-refractivity contribution >= 4 is 5.91 Å². The van der Waals surface area contributed by atoms with Gasteiger partial charge in [-0.15, -0.1) is 0 Å². The Kier molecular flexibility index (Phi) is 3.33. The average molecular weight is 293 g/mol. The predicted octanol–water partition coefficient (Wildman–Crippen LogP) is 1.04. The van der Waals surface area contributed by atoms with Crippen LogP contribution in [0.25, 0.3) is 0 Å². The molecule has 2 aliphatic rings. The average Bonchev–Trinajstić information content (AvgIpc) is 2.71. The number of amides is 1. The summed E-state index contributed by atoms with van der Waals surface area (Å²) in [5.74, 6) is -0.0364. The maximum atomic E-state index is 12.7. The molecule has 1 aromatic heterocycles. The largest absolute Gasteiger partial charge is 0.386 e. The van der Waals surface area contributed by atoms with Crippen LogP contribution in [0.1, 0.15) is 55.0 Å². The van der Waals surface area contributed by atoms with Crippen LogP contribution in [0.5, 0.6) is 0 Å². The lowest BCUT2D eigenvalue weighted by molar-refractivity contribution is -0.0830. The second kappa shape index (κ2) is 4.81. The third kappa shape index (κ3) is 2.26. The number of likely N-dealkylation sites (tertiary alicyclic amines) is 1. The minimum Gasteiger partial charge on any atom is -0.386 e. The van der Waals surface area contributed by atoms with E-state index in [1.807, 2.05) is 20.8 Å². The van der Waals surface area contributed by atoms with Crippen LogP contribution in [0.2, 0.25) is 0 Å². The van der Waals surface area contributed by atoms with Gasteiger partial charge < -0.3 is 14.7 Å². The molecule has 1 fully saturated rings. The zero-order valence-electron chi connectivity index (χ0n) is 13.1. The van der Waals surface area contributed by atoms with E-state index in [9.17, 15) is 9.90 Å². The Labute approximate surface area is 124 Å². The topological polar surface area (TPSA) is 67.6 Å². The van der Waals surface area contributed by atoms with Crippen LogP contribution in [0.15, 0.2) is 0 Å². The summed E-state index contributed by atoms with van der Waals surface area (Å²) >= 11 is 0. The summed E-state index contributed by atoms with van der Waals surface area (Å²) in [4.78, 5) is 14.4. The number of carbonyl (C=O) groups is 1. The highest BCUT2D eigenvalue weighted by Gasteiger charge is 2.44. The number of aliphatic hydroxyl groups is 1.